The van der Waals surface area contributed by atoms with E-state index in [0.717, 1.165) is 4.47 Å². The summed E-state index contributed by atoms with van der Waals surface area (Å²) >= 11 is 3.37. The first-order chi connectivity index (χ1) is 13.2. The van der Waals surface area contributed by atoms with Gasteiger partial charge in [0.1, 0.15) is 10.4 Å². The van der Waals surface area contributed by atoms with Crippen molar-refractivity contribution in [1.82, 2.24) is 14.2 Å². The van der Waals surface area contributed by atoms with Crippen LogP contribution in [0.2, 0.25) is 0 Å². The van der Waals surface area contributed by atoms with Crippen molar-refractivity contribution >= 4 is 37.8 Å². The summed E-state index contributed by atoms with van der Waals surface area (Å²) in [4.78, 5) is 16.9. The van der Waals surface area contributed by atoms with Crippen molar-refractivity contribution in [1.29, 1.82) is 0 Å². The largest absolute Gasteiger partial charge is 0.298 e. The number of hydrazone groups is 1. The standard InChI is InChI=1S/C17H18BrN5O4S/c1-3-12-4-6-14(23(24)25)8-17(12,2)28(26,27)21-20-10-15-9-19-16-7-5-13(18)11-22(15)16/h4-12,21H,3H2,1-2H3. The third-order valence-electron chi connectivity index (χ3n) is 4.77. The number of fused-ring (bicyclic) bond motifs is 1. The Hall–Kier alpha value is -2.53. The lowest BCUT2D eigenvalue weighted by molar-refractivity contribution is -0.419. The van der Waals surface area contributed by atoms with Crippen LogP contribution in [0.3, 0.4) is 0 Å². The number of allylic oxidation sites excluding steroid dienone is 2. The molecule has 0 radical (unpaired) electrons. The van der Waals surface area contributed by atoms with Crippen LogP contribution < -0.4 is 4.83 Å². The van der Waals surface area contributed by atoms with E-state index in [4.69, 9.17) is 0 Å². The molecule has 0 spiro atoms. The topological polar surface area (TPSA) is 119 Å². The molecule has 3 rings (SSSR count). The molecule has 9 nitrogen and oxygen atoms in total. The lowest BCUT2D eigenvalue weighted by atomic mass is 9.86. The Morgan fingerprint density at radius 1 is 1.50 bits per heavy atom. The van der Waals surface area contributed by atoms with Gasteiger partial charge < -0.3 is 0 Å². The molecule has 2 heterocycles. The van der Waals surface area contributed by atoms with Gasteiger partial charge in [0.05, 0.1) is 23.0 Å². The first-order valence-corrected chi connectivity index (χ1v) is 10.7. The SMILES string of the molecule is CCC1C=CC([N+](=O)[O-])=CC1(C)S(=O)(=O)NN=Cc1cnc2ccc(Br)cn12. The fourth-order valence-electron chi connectivity index (χ4n) is 3.12. The van der Waals surface area contributed by atoms with Crippen molar-refractivity contribution in [2.45, 2.75) is 25.0 Å². The van der Waals surface area contributed by atoms with Gasteiger partial charge in [-0.3, -0.25) is 14.5 Å². The third-order valence-corrected chi connectivity index (χ3v) is 7.16. The van der Waals surface area contributed by atoms with Gasteiger partial charge in [-0.05, 0) is 41.4 Å². The molecule has 0 aromatic carbocycles. The Labute approximate surface area is 170 Å². The predicted molar refractivity (Wildman–Crippen MR) is 109 cm³/mol. The van der Waals surface area contributed by atoms with Gasteiger partial charge in [-0.1, -0.05) is 13.0 Å². The highest BCUT2D eigenvalue weighted by Gasteiger charge is 2.46. The summed E-state index contributed by atoms with van der Waals surface area (Å²) < 4.78 is 26.9. The molecule has 0 saturated carbocycles. The van der Waals surface area contributed by atoms with Crippen LogP contribution in [0.1, 0.15) is 26.0 Å². The fraction of sp³-hybridized carbons (Fsp3) is 0.294. The average molecular weight is 468 g/mol. The van der Waals surface area contributed by atoms with Crippen molar-refractivity contribution < 1.29 is 13.3 Å². The molecule has 0 bridgehead atoms. The van der Waals surface area contributed by atoms with Crippen molar-refractivity contribution in [3.63, 3.8) is 0 Å². The molecule has 2 atom stereocenters. The van der Waals surface area contributed by atoms with E-state index in [1.54, 1.807) is 28.9 Å². The summed E-state index contributed by atoms with van der Waals surface area (Å²) in [5, 5.41) is 15.0. The first-order valence-electron chi connectivity index (χ1n) is 8.40. The normalized spacial score (nSPS) is 22.5. The molecule has 2 aromatic heterocycles. The molecule has 0 saturated heterocycles. The summed E-state index contributed by atoms with van der Waals surface area (Å²) in [6.45, 7) is 3.28. The van der Waals surface area contributed by atoms with E-state index in [2.05, 4.69) is 30.8 Å². The molecule has 0 amide bonds. The van der Waals surface area contributed by atoms with E-state index in [1.807, 2.05) is 13.0 Å². The number of rotatable bonds is 6. The predicted octanol–water partition coefficient (Wildman–Crippen LogP) is 2.87. The highest BCUT2D eigenvalue weighted by molar-refractivity contribution is 9.10. The Kier molecular flexibility index (Phi) is 5.39. The van der Waals surface area contributed by atoms with Crippen LogP contribution >= 0.6 is 15.9 Å². The number of hydrogen-bond donors (Lipinski definition) is 1. The van der Waals surface area contributed by atoms with Crippen molar-refractivity contribution in [3.8, 4) is 0 Å². The zero-order valence-corrected chi connectivity index (χ0v) is 17.5. The third kappa shape index (κ3) is 3.59. The quantitative estimate of drug-likeness (QED) is 0.397. The van der Waals surface area contributed by atoms with Crippen LogP contribution in [0.25, 0.3) is 5.65 Å². The van der Waals surface area contributed by atoms with Crippen LogP contribution in [-0.4, -0.2) is 33.7 Å². The molecular weight excluding hydrogens is 450 g/mol. The summed E-state index contributed by atoms with van der Waals surface area (Å²) in [6.07, 6.45) is 9.25. The van der Waals surface area contributed by atoms with Crippen LogP contribution in [0.15, 0.2) is 58.0 Å². The second-order valence-corrected chi connectivity index (χ2v) is 9.48. The van der Waals surface area contributed by atoms with E-state index in [9.17, 15) is 18.5 Å². The number of nitrogens with one attached hydrogen (secondary N) is 1. The minimum absolute atomic E-state index is 0.256. The van der Waals surface area contributed by atoms with Crippen LogP contribution in [-0.2, 0) is 10.0 Å². The zero-order valence-electron chi connectivity index (χ0n) is 15.1. The second-order valence-electron chi connectivity index (χ2n) is 6.50. The highest BCUT2D eigenvalue weighted by Crippen LogP contribution is 2.36. The van der Waals surface area contributed by atoms with Crippen molar-refractivity contribution in [2.75, 3.05) is 0 Å². The molecular formula is C17H18BrN5O4S. The number of nitro groups is 1. The maximum atomic E-state index is 12.9. The van der Waals surface area contributed by atoms with Gasteiger partial charge in [0.15, 0.2) is 0 Å². The van der Waals surface area contributed by atoms with E-state index in [0.29, 0.717) is 17.8 Å². The molecule has 2 unspecified atom stereocenters. The minimum atomic E-state index is -4.04. The van der Waals surface area contributed by atoms with Crippen molar-refractivity contribution in [3.05, 3.63) is 68.7 Å². The minimum Gasteiger partial charge on any atom is -0.298 e. The van der Waals surface area contributed by atoms with Crippen LogP contribution in [0.4, 0.5) is 0 Å². The van der Waals surface area contributed by atoms with Gasteiger partial charge in [0.2, 0.25) is 0 Å². The summed E-state index contributed by atoms with van der Waals surface area (Å²) in [6, 6.07) is 3.64. The number of hydrogen-bond acceptors (Lipinski definition) is 6. The van der Waals surface area contributed by atoms with Crippen LogP contribution in [0, 0.1) is 16.0 Å². The smallest absolute Gasteiger partial charge is 0.266 e. The van der Waals surface area contributed by atoms with Gasteiger partial charge in [0, 0.05) is 28.7 Å². The van der Waals surface area contributed by atoms with E-state index in [1.165, 1.54) is 25.3 Å². The van der Waals surface area contributed by atoms with E-state index >= 15 is 0 Å². The maximum absolute atomic E-state index is 12.9. The molecule has 11 heteroatoms. The number of halogens is 1. The Morgan fingerprint density at radius 3 is 2.93 bits per heavy atom. The summed E-state index contributed by atoms with van der Waals surface area (Å²) in [5.74, 6) is -0.421. The first kappa shape index (κ1) is 20.2. The number of nitrogens with zero attached hydrogens (tertiary/aromatic N) is 4. The number of imidazole rings is 1. The second kappa shape index (κ2) is 7.47. The van der Waals surface area contributed by atoms with Gasteiger partial charge in [-0.15, -0.1) is 0 Å². The van der Waals surface area contributed by atoms with Crippen molar-refractivity contribution in [2.24, 2.45) is 11.0 Å². The van der Waals surface area contributed by atoms with E-state index < -0.39 is 25.6 Å². The maximum Gasteiger partial charge on any atom is 0.266 e. The molecule has 148 valence electrons. The van der Waals surface area contributed by atoms with Gasteiger partial charge in [-0.25, -0.2) is 18.2 Å². The molecule has 1 aliphatic carbocycles. The zero-order chi connectivity index (χ0) is 20.5. The lowest BCUT2D eigenvalue weighted by Gasteiger charge is -2.32. The molecule has 28 heavy (non-hydrogen) atoms. The number of pyridine rings is 1. The Bertz CT molecular complexity index is 1120. The molecule has 1 N–H and O–H groups in total. The fourth-order valence-corrected chi connectivity index (χ4v) is 4.76. The summed E-state index contributed by atoms with van der Waals surface area (Å²) in [7, 11) is -4.04. The Morgan fingerprint density at radius 2 is 2.25 bits per heavy atom. The molecule has 1 aliphatic rings. The lowest BCUT2D eigenvalue weighted by Crippen LogP contribution is -2.47. The summed E-state index contributed by atoms with van der Waals surface area (Å²) in [5.41, 5.74) is 0.996. The molecule has 0 aliphatic heterocycles. The Balaban J connectivity index is 1.89. The van der Waals surface area contributed by atoms with Gasteiger partial charge in [0.25, 0.3) is 15.7 Å². The molecule has 2 aromatic rings. The monoisotopic (exact) mass is 467 g/mol. The average Bonchev–Trinajstić information content (AvgIpc) is 3.03. The number of aromatic nitrogens is 2. The molecule has 0 fully saturated rings. The van der Waals surface area contributed by atoms with E-state index in [-0.39, 0.29) is 5.70 Å². The van der Waals surface area contributed by atoms with Crippen LogP contribution in [0.5, 0.6) is 0 Å². The van der Waals surface area contributed by atoms with Gasteiger partial charge in [-0.2, -0.15) is 5.10 Å². The highest BCUT2D eigenvalue weighted by atomic mass is 79.9. The van der Waals surface area contributed by atoms with Gasteiger partial charge >= 0.3 is 0 Å². The number of sulfonamides is 1.